The second-order valence-electron chi connectivity index (χ2n) is 3.37. The molecule has 0 radical (unpaired) electrons. The number of benzene rings is 2. The van der Waals surface area contributed by atoms with Gasteiger partial charge in [-0.05, 0) is 42.5 Å². The van der Waals surface area contributed by atoms with Crippen LogP contribution in [0.4, 0.5) is 17.1 Å². The van der Waals surface area contributed by atoms with E-state index in [4.69, 9.17) is 17.3 Å². The lowest BCUT2D eigenvalue weighted by Gasteiger charge is -2.08. The zero-order chi connectivity index (χ0) is 11.5. The van der Waals surface area contributed by atoms with Crippen molar-refractivity contribution in [2.45, 2.75) is 0 Å². The number of nitrogens with two attached hydrogens (primary N) is 1. The fourth-order valence-electron chi connectivity index (χ4n) is 1.32. The number of rotatable bonds is 2. The van der Waals surface area contributed by atoms with Crippen molar-refractivity contribution in [3.8, 4) is 0 Å². The fraction of sp³-hybridized carbons (Fsp3) is 0. The Morgan fingerprint density at radius 3 is 2.38 bits per heavy atom. The average Bonchev–Trinajstić information content (AvgIpc) is 2.25. The number of nitrogen functional groups attached to an aromatic ring is 1. The number of hydrogen-bond acceptors (Lipinski definition) is 2. The van der Waals surface area contributed by atoms with Crippen LogP contribution in [0.1, 0.15) is 0 Å². The Hall–Kier alpha value is -1.19. The van der Waals surface area contributed by atoms with Gasteiger partial charge >= 0.3 is 0 Å². The average molecular weight is 298 g/mol. The van der Waals surface area contributed by atoms with Crippen LogP contribution in [-0.4, -0.2) is 0 Å². The Morgan fingerprint density at radius 1 is 1.06 bits per heavy atom. The molecule has 2 rings (SSSR count). The minimum Gasteiger partial charge on any atom is -0.399 e. The van der Waals surface area contributed by atoms with Crippen LogP contribution < -0.4 is 11.1 Å². The van der Waals surface area contributed by atoms with E-state index in [9.17, 15) is 0 Å². The summed E-state index contributed by atoms with van der Waals surface area (Å²) in [4.78, 5) is 0. The number of anilines is 3. The second kappa shape index (κ2) is 4.76. The third-order valence-corrected chi connectivity index (χ3v) is 2.96. The van der Waals surface area contributed by atoms with Gasteiger partial charge in [0, 0.05) is 15.8 Å². The van der Waals surface area contributed by atoms with Gasteiger partial charge < -0.3 is 11.1 Å². The van der Waals surface area contributed by atoms with Gasteiger partial charge in [-0.25, -0.2) is 0 Å². The molecule has 0 aromatic heterocycles. The van der Waals surface area contributed by atoms with Crippen LogP contribution in [0.5, 0.6) is 0 Å². The topological polar surface area (TPSA) is 38.0 Å². The Kier molecular flexibility index (Phi) is 3.36. The van der Waals surface area contributed by atoms with Crippen molar-refractivity contribution < 1.29 is 0 Å². The molecule has 0 aliphatic heterocycles. The maximum absolute atomic E-state index is 6.06. The molecule has 0 fully saturated rings. The van der Waals surface area contributed by atoms with Crippen LogP contribution in [0, 0.1) is 0 Å². The van der Waals surface area contributed by atoms with E-state index in [-0.39, 0.29) is 0 Å². The standard InChI is InChI=1S/C12H10BrClN2/c13-8-1-4-10(5-2-8)16-12-6-3-9(15)7-11(12)14/h1-7,16H,15H2. The maximum Gasteiger partial charge on any atom is 0.0661 e. The molecule has 0 spiro atoms. The van der Waals surface area contributed by atoms with E-state index < -0.39 is 0 Å². The molecule has 2 aromatic carbocycles. The zero-order valence-corrected chi connectivity index (χ0v) is 10.7. The summed E-state index contributed by atoms with van der Waals surface area (Å²) in [6.45, 7) is 0. The van der Waals surface area contributed by atoms with E-state index in [1.807, 2.05) is 36.4 Å². The highest BCUT2D eigenvalue weighted by Gasteiger charge is 2.00. The summed E-state index contributed by atoms with van der Waals surface area (Å²) in [6, 6.07) is 13.3. The molecule has 0 amide bonds. The lowest BCUT2D eigenvalue weighted by molar-refractivity contribution is 1.53. The van der Waals surface area contributed by atoms with Crippen molar-refractivity contribution in [3.05, 3.63) is 52.0 Å². The molecular weight excluding hydrogens is 288 g/mol. The molecule has 0 atom stereocenters. The molecule has 0 aliphatic carbocycles. The van der Waals surface area contributed by atoms with Crippen molar-refractivity contribution in [1.29, 1.82) is 0 Å². The first-order chi connectivity index (χ1) is 7.65. The van der Waals surface area contributed by atoms with Crippen LogP contribution in [0.15, 0.2) is 46.9 Å². The lowest BCUT2D eigenvalue weighted by atomic mass is 10.2. The summed E-state index contributed by atoms with van der Waals surface area (Å²) in [5.74, 6) is 0. The van der Waals surface area contributed by atoms with Gasteiger partial charge in [0.1, 0.15) is 0 Å². The molecule has 82 valence electrons. The molecule has 0 bridgehead atoms. The molecule has 0 aliphatic rings. The smallest absolute Gasteiger partial charge is 0.0661 e. The van der Waals surface area contributed by atoms with Gasteiger partial charge in [0.05, 0.1) is 10.7 Å². The van der Waals surface area contributed by atoms with Gasteiger partial charge in [0.2, 0.25) is 0 Å². The predicted octanol–water partition coefficient (Wildman–Crippen LogP) is 4.43. The second-order valence-corrected chi connectivity index (χ2v) is 4.69. The van der Waals surface area contributed by atoms with Crippen molar-refractivity contribution in [1.82, 2.24) is 0 Å². The largest absolute Gasteiger partial charge is 0.399 e. The summed E-state index contributed by atoms with van der Waals surface area (Å²) >= 11 is 9.44. The molecule has 4 heteroatoms. The first kappa shape index (κ1) is 11.3. The molecule has 2 aromatic rings. The fourth-order valence-corrected chi connectivity index (χ4v) is 1.82. The molecular formula is C12H10BrClN2. The number of halogens is 2. The van der Waals surface area contributed by atoms with Gasteiger partial charge in [-0.1, -0.05) is 27.5 Å². The Morgan fingerprint density at radius 2 is 1.75 bits per heavy atom. The van der Waals surface area contributed by atoms with E-state index in [0.29, 0.717) is 10.7 Å². The minimum atomic E-state index is 0.614. The molecule has 0 unspecified atom stereocenters. The van der Waals surface area contributed by atoms with Crippen molar-refractivity contribution >= 4 is 44.6 Å². The molecule has 2 nitrogen and oxygen atoms in total. The summed E-state index contributed by atoms with van der Waals surface area (Å²) in [5, 5.41) is 3.83. The molecule has 16 heavy (non-hydrogen) atoms. The van der Waals surface area contributed by atoms with Crippen molar-refractivity contribution in [3.63, 3.8) is 0 Å². The van der Waals surface area contributed by atoms with Crippen LogP contribution in [0.25, 0.3) is 0 Å². The highest BCUT2D eigenvalue weighted by molar-refractivity contribution is 9.10. The Labute approximate surface area is 108 Å². The number of hydrogen-bond donors (Lipinski definition) is 2. The van der Waals surface area contributed by atoms with E-state index in [0.717, 1.165) is 15.8 Å². The summed E-state index contributed by atoms with van der Waals surface area (Å²) in [7, 11) is 0. The highest BCUT2D eigenvalue weighted by Crippen LogP contribution is 2.27. The molecule has 0 saturated carbocycles. The molecule has 0 heterocycles. The van der Waals surface area contributed by atoms with Gasteiger partial charge in [-0.3, -0.25) is 0 Å². The van der Waals surface area contributed by atoms with Gasteiger partial charge in [-0.2, -0.15) is 0 Å². The van der Waals surface area contributed by atoms with E-state index in [1.54, 1.807) is 6.07 Å². The van der Waals surface area contributed by atoms with Gasteiger partial charge in [0.25, 0.3) is 0 Å². The maximum atomic E-state index is 6.06. The number of nitrogens with one attached hydrogen (secondary N) is 1. The van der Waals surface area contributed by atoms with E-state index >= 15 is 0 Å². The third kappa shape index (κ3) is 2.68. The van der Waals surface area contributed by atoms with Crippen LogP contribution in [0.2, 0.25) is 5.02 Å². The van der Waals surface area contributed by atoms with Crippen LogP contribution in [-0.2, 0) is 0 Å². The summed E-state index contributed by atoms with van der Waals surface area (Å²) in [5.41, 5.74) is 8.11. The summed E-state index contributed by atoms with van der Waals surface area (Å²) < 4.78 is 1.04. The van der Waals surface area contributed by atoms with Gasteiger partial charge in [0.15, 0.2) is 0 Å². The van der Waals surface area contributed by atoms with Crippen molar-refractivity contribution in [2.75, 3.05) is 11.1 Å². The quantitative estimate of drug-likeness (QED) is 0.805. The first-order valence-corrected chi connectivity index (χ1v) is 5.90. The van der Waals surface area contributed by atoms with E-state index in [2.05, 4.69) is 21.2 Å². The predicted molar refractivity (Wildman–Crippen MR) is 73.3 cm³/mol. The SMILES string of the molecule is Nc1ccc(Nc2ccc(Br)cc2)c(Cl)c1. The van der Waals surface area contributed by atoms with Gasteiger partial charge in [-0.15, -0.1) is 0 Å². The third-order valence-electron chi connectivity index (χ3n) is 2.12. The van der Waals surface area contributed by atoms with E-state index in [1.165, 1.54) is 0 Å². The monoisotopic (exact) mass is 296 g/mol. The summed E-state index contributed by atoms with van der Waals surface area (Å²) in [6.07, 6.45) is 0. The van der Waals surface area contributed by atoms with Crippen LogP contribution in [0.3, 0.4) is 0 Å². The normalized spacial score (nSPS) is 10.1. The highest BCUT2D eigenvalue weighted by atomic mass is 79.9. The Bertz CT molecular complexity index is 497. The lowest BCUT2D eigenvalue weighted by Crippen LogP contribution is -1.92. The zero-order valence-electron chi connectivity index (χ0n) is 8.37. The first-order valence-electron chi connectivity index (χ1n) is 4.73. The van der Waals surface area contributed by atoms with Crippen LogP contribution >= 0.6 is 27.5 Å². The molecule has 0 saturated heterocycles. The van der Waals surface area contributed by atoms with Crippen molar-refractivity contribution in [2.24, 2.45) is 0 Å². The Balaban J connectivity index is 2.23. The molecule has 3 N–H and O–H groups in total. The minimum absolute atomic E-state index is 0.614.